The number of aliphatic imine (C=N–C) groups is 1. The van der Waals surface area contributed by atoms with Crippen molar-refractivity contribution < 1.29 is 14.2 Å². The summed E-state index contributed by atoms with van der Waals surface area (Å²) in [6, 6.07) is 5.34. The van der Waals surface area contributed by atoms with E-state index in [1.807, 2.05) is 6.07 Å². The van der Waals surface area contributed by atoms with Crippen LogP contribution in [0.25, 0.3) is 0 Å². The number of methoxy groups -OCH3 is 1. The van der Waals surface area contributed by atoms with Crippen molar-refractivity contribution in [3.05, 3.63) is 23.2 Å². The summed E-state index contributed by atoms with van der Waals surface area (Å²) in [7, 11) is 1.57. The largest absolute Gasteiger partial charge is 0.495 e. The van der Waals surface area contributed by atoms with Crippen molar-refractivity contribution in [3.8, 4) is 5.75 Å². The predicted molar refractivity (Wildman–Crippen MR) is 106 cm³/mol. The number of nitrogens with two attached hydrogens (primary N) is 1. The molecule has 1 aliphatic carbocycles. The molecule has 3 N–H and O–H groups in total. The van der Waals surface area contributed by atoms with Crippen LogP contribution in [0, 0.1) is 0 Å². The molecule has 1 saturated heterocycles. The third kappa shape index (κ3) is 4.65. The summed E-state index contributed by atoms with van der Waals surface area (Å²) in [4.78, 5) is 4.33. The zero-order chi connectivity index (χ0) is 16.3. The highest BCUT2D eigenvalue weighted by Crippen LogP contribution is 2.39. The molecule has 1 unspecified atom stereocenters. The topological polar surface area (TPSA) is 78.1 Å². The highest BCUT2D eigenvalue weighted by molar-refractivity contribution is 14.0. The molecule has 1 saturated carbocycles. The fraction of sp³-hybridized carbons (Fsp3) is 0.562. The van der Waals surface area contributed by atoms with E-state index >= 15 is 0 Å². The molecular formula is C16H23ClIN3O3. The van der Waals surface area contributed by atoms with Gasteiger partial charge in [-0.05, 0) is 31.0 Å². The van der Waals surface area contributed by atoms with Crippen LogP contribution in [0.4, 0.5) is 5.69 Å². The van der Waals surface area contributed by atoms with Gasteiger partial charge in [-0.2, -0.15) is 0 Å². The van der Waals surface area contributed by atoms with Crippen LogP contribution in [0.15, 0.2) is 23.2 Å². The molecule has 134 valence electrons. The van der Waals surface area contributed by atoms with Crippen molar-refractivity contribution in [3.63, 3.8) is 0 Å². The van der Waals surface area contributed by atoms with Gasteiger partial charge in [0.15, 0.2) is 11.7 Å². The SMILES string of the molecule is COc1ccc(NC(N)=NCC2COC3(CCCC3)O2)cc1Cl.I. The van der Waals surface area contributed by atoms with E-state index in [0.717, 1.165) is 31.4 Å². The van der Waals surface area contributed by atoms with Gasteiger partial charge in [0.2, 0.25) is 0 Å². The first-order chi connectivity index (χ1) is 11.1. The van der Waals surface area contributed by atoms with Crippen LogP contribution < -0.4 is 15.8 Å². The number of benzene rings is 1. The second-order valence-corrected chi connectivity index (χ2v) is 6.28. The third-order valence-corrected chi connectivity index (χ3v) is 4.46. The van der Waals surface area contributed by atoms with Gasteiger partial charge in [0.1, 0.15) is 11.9 Å². The maximum atomic E-state index is 6.08. The van der Waals surface area contributed by atoms with Crippen molar-refractivity contribution in [1.29, 1.82) is 0 Å². The predicted octanol–water partition coefficient (Wildman–Crippen LogP) is 3.38. The first-order valence-corrected chi connectivity index (χ1v) is 8.20. The minimum absolute atomic E-state index is 0. The van der Waals surface area contributed by atoms with E-state index in [0.29, 0.717) is 29.9 Å². The number of halogens is 2. The number of ether oxygens (including phenoxy) is 3. The summed E-state index contributed by atoms with van der Waals surface area (Å²) in [6.45, 7) is 1.05. The lowest BCUT2D eigenvalue weighted by atomic mass is 10.2. The standard InChI is InChI=1S/C16H22ClN3O3.HI/c1-21-14-5-4-11(8-13(14)17)20-15(18)19-9-12-10-22-16(23-12)6-2-3-7-16;/h4-5,8,12H,2-3,6-7,9-10H2,1H3,(H3,18,19,20);1H. The Morgan fingerprint density at radius 2 is 2.21 bits per heavy atom. The van der Waals surface area contributed by atoms with E-state index in [-0.39, 0.29) is 35.9 Å². The molecule has 1 spiro atoms. The second kappa shape index (κ2) is 8.55. The highest BCUT2D eigenvalue weighted by atomic mass is 127. The summed E-state index contributed by atoms with van der Waals surface area (Å²) in [5.74, 6) is 0.583. The maximum absolute atomic E-state index is 6.08. The van der Waals surface area contributed by atoms with Gasteiger partial charge in [-0.25, -0.2) is 0 Å². The molecule has 6 nitrogen and oxygen atoms in total. The molecule has 1 atom stereocenters. The summed E-state index contributed by atoms with van der Waals surface area (Å²) < 4.78 is 16.9. The van der Waals surface area contributed by atoms with Crippen molar-refractivity contribution >= 4 is 47.2 Å². The number of nitrogens with one attached hydrogen (secondary N) is 1. The Balaban J connectivity index is 0.00000208. The number of hydrogen-bond donors (Lipinski definition) is 2. The molecular weight excluding hydrogens is 445 g/mol. The maximum Gasteiger partial charge on any atom is 0.193 e. The smallest absolute Gasteiger partial charge is 0.193 e. The van der Waals surface area contributed by atoms with Crippen LogP contribution in [-0.4, -0.2) is 38.1 Å². The van der Waals surface area contributed by atoms with Gasteiger partial charge < -0.3 is 25.3 Å². The fourth-order valence-electron chi connectivity index (χ4n) is 3.01. The monoisotopic (exact) mass is 467 g/mol. The van der Waals surface area contributed by atoms with Crippen molar-refractivity contribution in [2.75, 3.05) is 25.6 Å². The molecule has 2 fully saturated rings. The Labute approximate surface area is 164 Å². The average Bonchev–Trinajstić information content (AvgIpc) is 3.16. The molecule has 3 rings (SSSR count). The molecule has 8 heteroatoms. The second-order valence-electron chi connectivity index (χ2n) is 5.87. The molecule has 24 heavy (non-hydrogen) atoms. The minimum Gasteiger partial charge on any atom is -0.495 e. The molecule has 2 aliphatic rings. The lowest BCUT2D eigenvalue weighted by molar-refractivity contribution is -0.160. The zero-order valence-electron chi connectivity index (χ0n) is 13.6. The normalized spacial score (nSPS) is 22.4. The van der Waals surface area contributed by atoms with Crippen LogP contribution in [0.5, 0.6) is 5.75 Å². The molecule has 1 aliphatic heterocycles. The van der Waals surface area contributed by atoms with Gasteiger partial charge in [-0.3, -0.25) is 4.99 Å². The third-order valence-electron chi connectivity index (χ3n) is 4.17. The van der Waals surface area contributed by atoms with Gasteiger partial charge in [0.05, 0.1) is 25.3 Å². The van der Waals surface area contributed by atoms with E-state index in [1.54, 1.807) is 19.2 Å². The van der Waals surface area contributed by atoms with Gasteiger partial charge in [0, 0.05) is 18.5 Å². The number of guanidine groups is 1. The van der Waals surface area contributed by atoms with E-state index in [9.17, 15) is 0 Å². The van der Waals surface area contributed by atoms with E-state index in [4.69, 9.17) is 31.5 Å². The van der Waals surface area contributed by atoms with Crippen LogP contribution in [0.3, 0.4) is 0 Å². The van der Waals surface area contributed by atoms with E-state index in [1.165, 1.54) is 0 Å². The number of hydrogen-bond acceptors (Lipinski definition) is 4. The van der Waals surface area contributed by atoms with Crippen molar-refractivity contribution in [1.82, 2.24) is 0 Å². The molecule has 0 bridgehead atoms. The van der Waals surface area contributed by atoms with E-state index in [2.05, 4.69) is 10.3 Å². The Morgan fingerprint density at radius 3 is 2.88 bits per heavy atom. The fourth-order valence-corrected chi connectivity index (χ4v) is 3.27. The zero-order valence-corrected chi connectivity index (χ0v) is 16.7. The number of rotatable bonds is 4. The Kier molecular flexibility index (Phi) is 6.97. The number of nitrogens with zero attached hydrogens (tertiary/aromatic N) is 1. The first-order valence-electron chi connectivity index (χ1n) is 7.82. The lowest BCUT2D eigenvalue weighted by Crippen LogP contribution is -2.28. The van der Waals surface area contributed by atoms with Gasteiger partial charge in [0.25, 0.3) is 0 Å². The van der Waals surface area contributed by atoms with Crippen LogP contribution in [0.1, 0.15) is 25.7 Å². The molecule has 0 aromatic heterocycles. The van der Waals surface area contributed by atoms with Crippen LogP contribution in [0.2, 0.25) is 5.02 Å². The summed E-state index contributed by atoms with van der Waals surface area (Å²) in [5, 5.41) is 3.53. The molecule has 1 aromatic rings. The van der Waals surface area contributed by atoms with Crippen molar-refractivity contribution in [2.45, 2.75) is 37.6 Å². The first kappa shape index (κ1) is 19.6. The average molecular weight is 468 g/mol. The minimum atomic E-state index is -0.355. The summed E-state index contributed by atoms with van der Waals surface area (Å²) in [5.41, 5.74) is 6.67. The van der Waals surface area contributed by atoms with Crippen LogP contribution in [-0.2, 0) is 9.47 Å². The highest BCUT2D eigenvalue weighted by Gasteiger charge is 2.43. The molecule has 0 radical (unpaired) electrons. The summed E-state index contributed by atoms with van der Waals surface area (Å²) in [6.07, 6.45) is 4.25. The van der Waals surface area contributed by atoms with Crippen molar-refractivity contribution in [2.24, 2.45) is 10.7 Å². The Morgan fingerprint density at radius 1 is 1.46 bits per heavy atom. The Bertz CT molecular complexity index is 594. The summed E-state index contributed by atoms with van der Waals surface area (Å²) >= 11 is 6.08. The Hall–Kier alpha value is -0.770. The number of anilines is 1. The molecule has 0 amide bonds. The van der Waals surface area contributed by atoms with Gasteiger partial charge >= 0.3 is 0 Å². The molecule has 1 aromatic carbocycles. The van der Waals surface area contributed by atoms with Gasteiger partial charge in [-0.15, -0.1) is 24.0 Å². The van der Waals surface area contributed by atoms with E-state index < -0.39 is 0 Å². The quantitative estimate of drug-likeness (QED) is 0.403. The van der Waals surface area contributed by atoms with Crippen LogP contribution >= 0.6 is 35.6 Å². The lowest BCUT2D eigenvalue weighted by Gasteiger charge is -2.21. The molecule has 1 heterocycles. The van der Waals surface area contributed by atoms with Gasteiger partial charge in [-0.1, -0.05) is 11.6 Å².